The summed E-state index contributed by atoms with van der Waals surface area (Å²) < 4.78 is 12.7. The predicted molar refractivity (Wildman–Crippen MR) is 70.3 cm³/mol. The van der Waals surface area contributed by atoms with E-state index in [9.17, 15) is 9.18 Å². The quantitative estimate of drug-likeness (QED) is 0.824. The number of rotatable bonds is 5. The third-order valence-electron chi connectivity index (χ3n) is 2.50. The molecule has 17 heavy (non-hydrogen) atoms. The first-order chi connectivity index (χ1) is 7.54. The van der Waals surface area contributed by atoms with Crippen LogP contribution in [0.4, 0.5) is 4.39 Å². The molecule has 0 fully saturated rings. The van der Waals surface area contributed by atoms with Crippen molar-refractivity contribution in [3.63, 3.8) is 0 Å². The topological polar surface area (TPSA) is 29.1 Å². The SMILES string of the molecule is CNC(CC(C)C)C(=O)c1ccc(F)cc1.Cl. The lowest BCUT2D eigenvalue weighted by molar-refractivity contribution is 0.0935. The highest BCUT2D eigenvalue weighted by atomic mass is 35.5. The second-order valence-corrected chi connectivity index (χ2v) is 4.34. The molecule has 1 rings (SSSR count). The summed E-state index contributed by atoms with van der Waals surface area (Å²) in [5.74, 6) is 0.152. The van der Waals surface area contributed by atoms with Gasteiger partial charge in [0.05, 0.1) is 6.04 Å². The Morgan fingerprint density at radius 2 is 1.82 bits per heavy atom. The Bertz CT molecular complexity index is 351. The fourth-order valence-corrected chi connectivity index (χ4v) is 1.64. The van der Waals surface area contributed by atoms with E-state index in [0.29, 0.717) is 11.5 Å². The fraction of sp³-hybridized carbons (Fsp3) is 0.462. The van der Waals surface area contributed by atoms with Crippen molar-refractivity contribution in [2.75, 3.05) is 7.05 Å². The van der Waals surface area contributed by atoms with Crippen LogP contribution < -0.4 is 5.32 Å². The van der Waals surface area contributed by atoms with Crippen LogP contribution in [0.3, 0.4) is 0 Å². The van der Waals surface area contributed by atoms with Crippen molar-refractivity contribution in [3.05, 3.63) is 35.6 Å². The molecular weight excluding hydrogens is 241 g/mol. The Morgan fingerprint density at radius 1 is 1.29 bits per heavy atom. The van der Waals surface area contributed by atoms with Crippen LogP contribution in [0.1, 0.15) is 30.6 Å². The van der Waals surface area contributed by atoms with E-state index < -0.39 is 0 Å². The average molecular weight is 260 g/mol. The molecule has 1 unspecified atom stereocenters. The van der Waals surface area contributed by atoms with Crippen LogP contribution in [0.2, 0.25) is 0 Å². The number of Topliss-reactive ketones (excluding diaryl/α,β-unsaturated/α-hetero) is 1. The van der Waals surface area contributed by atoms with Gasteiger partial charge >= 0.3 is 0 Å². The van der Waals surface area contributed by atoms with Gasteiger partial charge in [-0.2, -0.15) is 0 Å². The van der Waals surface area contributed by atoms with Crippen molar-refractivity contribution in [1.29, 1.82) is 0 Å². The summed E-state index contributed by atoms with van der Waals surface area (Å²) in [6.07, 6.45) is 0.784. The zero-order chi connectivity index (χ0) is 12.1. The first kappa shape index (κ1) is 16.1. The van der Waals surface area contributed by atoms with E-state index in [1.54, 1.807) is 7.05 Å². The van der Waals surface area contributed by atoms with Crippen molar-refractivity contribution in [1.82, 2.24) is 5.32 Å². The Hall–Kier alpha value is -0.930. The first-order valence-electron chi connectivity index (χ1n) is 5.51. The molecule has 0 bridgehead atoms. The van der Waals surface area contributed by atoms with Gasteiger partial charge in [-0.05, 0) is 43.7 Å². The standard InChI is InChI=1S/C13H18FNO.ClH/c1-9(2)8-12(15-3)13(16)10-4-6-11(14)7-5-10;/h4-7,9,12,15H,8H2,1-3H3;1H. The van der Waals surface area contributed by atoms with E-state index in [2.05, 4.69) is 19.2 Å². The van der Waals surface area contributed by atoms with E-state index >= 15 is 0 Å². The highest BCUT2D eigenvalue weighted by molar-refractivity contribution is 6.00. The molecule has 0 radical (unpaired) electrons. The Kier molecular flexibility index (Phi) is 7.00. The molecule has 0 aliphatic carbocycles. The van der Waals surface area contributed by atoms with Gasteiger partial charge in [0.25, 0.3) is 0 Å². The highest BCUT2D eigenvalue weighted by Gasteiger charge is 2.19. The monoisotopic (exact) mass is 259 g/mol. The van der Waals surface area contributed by atoms with Gasteiger partial charge in [-0.15, -0.1) is 12.4 Å². The lowest BCUT2D eigenvalue weighted by Crippen LogP contribution is -2.35. The molecule has 1 aromatic carbocycles. The molecular formula is C13H19ClFNO. The van der Waals surface area contributed by atoms with Gasteiger partial charge in [-0.1, -0.05) is 13.8 Å². The summed E-state index contributed by atoms with van der Waals surface area (Å²) in [6.45, 7) is 4.14. The van der Waals surface area contributed by atoms with Gasteiger partial charge in [0.15, 0.2) is 5.78 Å². The van der Waals surface area contributed by atoms with Crippen LogP contribution in [0.15, 0.2) is 24.3 Å². The summed E-state index contributed by atoms with van der Waals surface area (Å²) in [7, 11) is 1.77. The van der Waals surface area contributed by atoms with E-state index in [0.717, 1.165) is 6.42 Å². The van der Waals surface area contributed by atoms with Crippen molar-refractivity contribution in [3.8, 4) is 0 Å². The summed E-state index contributed by atoms with van der Waals surface area (Å²) in [6, 6.07) is 5.50. The van der Waals surface area contributed by atoms with Gasteiger partial charge in [-0.3, -0.25) is 4.79 Å². The smallest absolute Gasteiger partial charge is 0.179 e. The number of carbonyl (C=O) groups excluding carboxylic acids is 1. The summed E-state index contributed by atoms with van der Waals surface area (Å²) >= 11 is 0. The van der Waals surface area contributed by atoms with Crippen LogP contribution in [0, 0.1) is 11.7 Å². The molecule has 0 spiro atoms. The van der Waals surface area contributed by atoms with Crippen LogP contribution >= 0.6 is 12.4 Å². The molecule has 96 valence electrons. The molecule has 0 aliphatic rings. The van der Waals surface area contributed by atoms with Gasteiger partial charge in [-0.25, -0.2) is 4.39 Å². The summed E-state index contributed by atoms with van der Waals surface area (Å²) in [5.41, 5.74) is 0.557. The minimum absolute atomic E-state index is 0. The zero-order valence-corrected chi connectivity index (χ0v) is 11.2. The lowest BCUT2D eigenvalue weighted by Gasteiger charge is -2.17. The summed E-state index contributed by atoms with van der Waals surface area (Å²) in [4.78, 5) is 12.0. The number of ketones is 1. The van der Waals surface area contributed by atoms with Crippen molar-refractivity contribution >= 4 is 18.2 Å². The molecule has 0 saturated carbocycles. The number of nitrogens with one attached hydrogen (secondary N) is 1. The fourth-order valence-electron chi connectivity index (χ4n) is 1.64. The molecule has 1 N–H and O–H groups in total. The van der Waals surface area contributed by atoms with E-state index in [1.807, 2.05) is 0 Å². The Balaban J connectivity index is 0.00000256. The zero-order valence-electron chi connectivity index (χ0n) is 10.4. The third-order valence-corrected chi connectivity index (χ3v) is 2.50. The average Bonchev–Trinajstić information content (AvgIpc) is 2.25. The molecule has 4 heteroatoms. The molecule has 0 heterocycles. The van der Waals surface area contributed by atoms with Crippen molar-refractivity contribution in [2.45, 2.75) is 26.3 Å². The van der Waals surface area contributed by atoms with Crippen LogP contribution in [0.25, 0.3) is 0 Å². The van der Waals surface area contributed by atoms with Gasteiger partial charge < -0.3 is 5.32 Å². The molecule has 1 aromatic rings. The molecule has 0 aromatic heterocycles. The van der Waals surface area contributed by atoms with Gasteiger partial charge in [0.1, 0.15) is 5.82 Å². The van der Waals surface area contributed by atoms with Crippen molar-refractivity contribution in [2.24, 2.45) is 5.92 Å². The molecule has 2 nitrogen and oxygen atoms in total. The predicted octanol–water partition coefficient (Wildman–Crippen LogP) is 3.06. The van der Waals surface area contributed by atoms with Crippen molar-refractivity contribution < 1.29 is 9.18 Å². The Labute approximate surface area is 108 Å². The maximum Gasteiger partial charge on any atom is 0.179 e. The van der Waals surface area contributed by atoms with Gasteiger partial charge in [0.2, 0.25) is 0 Å². The maximum absolute atomic E-state index is 12.7. The first-order valence-corrected chi connectivity index (χ1v) is 5.51. The minimum Gasteiger partial charge on any atom is -0.310 e. The van der Waals surface area contributed by atoms with Crippen LogP contribution in [-0.4, -0.2) is 18.9 Å². The maximum atomic E-state index is 12.7. The highest BCUT2D eigenvalue weighted by Crippen LogP contribution is 2.11. The molecule has 1 atom stereocenters. The van der Waals surface area contributed by atoms with Crippen LogP contribution in [0.5, 0.6) is 0 Å². The number of halogens is 2. The molecule has 0 amide bonds. The molecule has 0 saturated heterocycles. The van der Waals surface area contributed by atoms with Gasteiger partial charge in [0, 0.05) is 5.56 Å². The second-order valence-electron chi connectivity index (χ2n) is 4.34. The van der Waals surface area contributed by atoms with Crippen LogP contribution in [-0.2, 0) is 0 Å². The lowest BCUT2D eigenvalue weighted by atomic mass is 9.96. The summed E-state index contributed by atoms with van der Waals surface area (Å²) in [5, 5.41) is 3.00. The minimum atomic E-state index is -0.318. The number of hydrogen-bond donors (Lipinski definition) is 1. The third kappa shape index (κ3) is 4.84. The Morgan fingerprint density at radius 3 is 2.24 bits per heavy atom. The van der Waals surface area contributed by atoms with E-state index in [1.165, 1.54) is 24.3 Å². The van der Waals surface area contributed by atoms with E-state index in [-0.39, 0.29) is 30.0 Å². The number of benzene rings is 1. The van der Waals surface area contributed by atoms with E-state index in [4.69, 9.17) is 0 Å². The second kappa shape index (κ2) is 7.41. The number of hydrogen-bond acceptors (Lipinski definition) is 2. The molecule has 0 aliphatic heterocycles. The number of likely N-dealkylation sites (N-methyl/N-ethyl adjacent to an activating group) is 1. The number of carbonyl (C=O) groups is 1. The largest absolute Gasteiger partial charge is 0.310 e. The normalized spacial score (nSPS) is 12.1.